The molecule has 0 spiro atoms. The van der Waals surface area contributed by atoms with E-state index in [1.807, 2.05) is 6.92 Å². The highest BCUT2D eigenvalue weighted by Crippen LogP contribution is 2.39. The Morgan fingerprint density at radius 3 is 2.75 bits per heavy atom. The van der Waals surface area contributed by atoms with Crippen LogP contribution in [0, 0.1) is 0 Å². The molecule has 0 amide bonds. The molecule has 3 unspecified atom stereocenters. The highest BCUT2D eigenvalue weighted by atomic mass is 79.9. The molecule has 0 radical (unpaired) electrons. The van der Waals surface area contributed by atoms with Gasteiger partial charge in [-0.3, -0.25) is 0 Å². The van der Waals surface area contributed by atoms with Crippen LogP contribution in [-0.4, -0.2) is 23.0 Å². The van der Waals surface area contributed by atoms with Crippen molar-refractivity contribution in [3.63, 3.8) is 0 Å². The minimum atomic E-state index is 0.143. The topological polar surface area (TPSA) is 46.2 Å². The first-order chi connectivity index (χ1) is 7.58. The van der Waals surface area contributed by atoms with E-state index in [2.05, 4.69) is 34.3 Å². The van der Waals surface area contributed by atoms with Crippen LogP contribution in [0.5, 0.6) is 0 Å². The van der Waals surface area contributed by atoms with Gasteiger partial charge in [0.25, 0.3) is 0 Å². The largest absolute Gasteiger partial charge is 0.395 e. The highest BCUT2D eigenvalue weighted by molar-refractivity contribution is 9.10. The van der Waals surface area contributed by atoms with Crippen LogP contribution in [0.15, 0.2) is 15.9 Å². The maximum absolute atomic E-state index is 9.12. The average Bonchev–Trinajstić information content (AvgIpc) is 2.71. The number of thioether (sulfide) groups is 1. The molecule has 1 aromatic heterocycles. The van der Waals surface area contributed by atoms with Crippen LogP contribution in [0.25, 0.3) is 0 Å². The third-order valence-corrected chi connectivity index (χ3v) is 5.80. The van der Waals surface area contributed by atoms with E-state index in [0.29, 0.717) is 0 Å². The van der Waals surface area contributed by atoms with Crippen LogP contribution in [-0.2, 0) is 0 Å². The molecule has 0 aliphatic carbocycles. The number of halogens is 1. The van der Waals surface area contributed by atoms with Gasteiger partial charge in [-0.15, -0.1) is 23.1 Å². The molecule has 2 nitrogen and oxygen atoms in total. The van der Waals surface area contributed by atoms with Gasteiger partial charge in [-0.05, 0) is 28.4 Å². The second-order valence-electron chi connectivity index (χ2n) is 3.79. The van der Waals surface area contributed by atoms with Crippen molar-refractivity contribution in [2.75, 3.05) is 6.61 Å². The van der Waals surface area contributed by atoms with Crippen molar-refractivity contribution < 1.29 is 5.11 Å². The fourth-order valence-electron chi connectivity index (χ4n) is 1.36. The minimum Gasteiger partial charge on any atom is -0.395 e. The highest BCUT2D eigenvalue weighted by Gasteiger charge is 2.22. The van der Waals surface area contributed by atoms with Gasteiger partial charge in [0.2, 0.25) is 0 Å². The summed E-state index contributed by atoms with van der Waals surface area (Å²) in [5.41, 5.74) is 6.15. The first kappa shape index (κ1) is 14.5. The summed E-state index contributed by atoms with van der Waals surface area (Å²) in [5.74, 6) is 0. The molecule has 1 heterocycles. The zero-order valence-electron chi connectivity index (χ0n) is 9.52. The number of nitrogens with two attached hydrogens (primary N) is 1. The summed E-state index contributed by atoms with van der Waals surface area (Å²) in [7, 11) is 0. The summed E-state index contributed by atoms with van der Waals surface area (Å²) in [6.07, 6.45) is 0.950. The fourth-order valence-corrected chi connectivity index (χ4v) is 4.38. The number of thiophene rings is 1. The van der Waals surface area contributed by atoms with E-state index < -0.39 is 0 Å². The lowest BCUT2D eigenvalue weighted by atomic mass is 10.1. The van der Waals surface area contributed by atoms with Crippen LogP contribution in [0.3, 0.4) is 0 Å². The van der Waals surface area contributed by atoms with E-state index in [9.17, 15) is 0 Å². The van der Waals surface area contributed by atoms with E-state index in [4.69, 9.17) is 10.8 Å². The van der Waals surface area contributed by atoms with Crippen LogP contribution in [0.1, 0.15) is 30.4 Å². The number of hydrogen-bond acceptors (Lipinski definition) is 4. The Bertz CT molecular complexity index is 319. The molecule has 0 aromatic carbocycles. The molecule has 0 bridgehead atoms. The maximum Gasteiger partial charge on any atom is 0.0547 e. The molecule has 0 aliphatic heterocycles. The van der Waals surface area contributed by atoms with Crippen molar-refractivity contribution in [3.05, 3.63) is 20.8 Å². The lowest BCUT2D eigenvalue weighted by molar-refractivity contribution is 0.299. The summed E-state index contributed by atoms with van der Waals surface area (Å²) < 4.78 is 1.11. The molecule has 5 heteroatoms. The van der Waals surface area contributed by atoms with E-state index in [0.717, 1.165) is 10.9 Å². The summed E-state index contributed by atoms with van der Waals surface area (Å²) in [5, 5.41) is 11.7. The Balaban J connectivity index is 2.78. The molecular formula is C11H18BrNOS2. The third kappa shape index (κ3) is 4.04. The average molecular weight is 324 g/mol. The van der Waals surface area contributed by atoms with Gasteiger partial charge >= 0.3 is 0 Å². The number of aliphatic hydroxyl groups excluding tert-OH is 1. The monoisotopic (exact) mass is 323 g/mol. The van der Waals surface area contributed by atoms with Crippen LogP contribution >= 0.6 is 39.0 Å². The molecule has 0 aliphatic rings. The van der Waals surface area contributed by atoms with Crippen molar-refractivity contribution in [2.24, 2.45) is 5.73 Å². The molecule has 1 rings (SSSR count). The molecule has 1 aromatic rings. The quantitative estimate of drug-likeness (QED) is 0.843. The molecule has 3 atom stereocenters. The Kier molecular flexibility index (Phi) is 6.36. The number of rotatable bonds is 6. The van der Waals surface area contributed by atoms with E-state index in [-0.39, 0.29) is 23.1 Å². The van der Waals surface area contributed by atoms with Gasteiger partial charge in [-0.1, -0.05) is 13.8 Å². The van der Waals surface area contributed by atoms with E-state index in [1.165, 1.54) is 4.88 Å². The Hall–Kier alpha value is 0.450. The number of hydrogen-bond donors (Lipinski definition) is 2. The van der Waals surface area contributed by atoms with Gasteiger partial charge in [0.05, 0.1) is 11.9 Å². The summed E-state index contributed by atoms with van der Waals surface area (Å²) >= 11 is 6.95. The smallest absolute Gasteiger partial charge is 0.0547 e. The zero-order valence-corrected chi connectivity index (χ0v) is 12.7. The van der Waals surface area contributed by atoms with Gasteiger partial charge in [-0.2, -0.15) is 0 Å². The Labute approximate surface area is 114 Å². The van der Waals surface area contributed by atoms with Crippen molar-refractivity contribution in [2.45, 2.75) is 36.8 Å². The second kappa shape index (κ2) is 7.01. The third-order valence-electron chi connectivity index (χ3n) is 2.36. The molecule has 0 fully saturated rings. The van der Waals surface area contributed by atoms with Gasteiger partial charge in [-0.25, -0.2) is 0 Å². The molecular weight excluding hydrogens is 306 g/mol. The first-order valence-electron chi connectivity index (χ1n) is 5.34. The molecule has 0 saturated carbocycles. The zero-order chi connectivity index (χ0) is 12.1. The van der Waals surface area contributed by atoms with Crippen molar-refractivity contribution in [1.82, 2.24) is 0 Å². The van der Waals surface area contributed by atoms with Crippen LogP contribution in [0.4, 0.5) is 0 Å². The van der Waals surface area contributed by atoms with E-state index >= 15 is 0 Å². The SMILES string of the molecule is CCC(N)C(SC(C)CO)c1cc(Br)cs1. The lowest BCUT2D eigenvalue weighted by Crippen LogP contribution is -2.26. The molecule has 0 saturated heterocycles. The Morgan fingerprint density at radius 2 is 2.31 bits per heavy atom. The summed E-state index contributed by atoms with van der Waals surface area (Å²) in [6.45, 7) is 4.33. The first-order valence-corrected chi connectivity index (χ1v) is 7.95. The van der Waals surface area contributed by atoms with Crippen LogP contribution in [0.2, 0.25) is 0 Å². The van der Waals surface area contributed by atoms with E-state index in [1.54, 1.807) is 23.1 Å². The predicted octanol–water partition coefficient (Wildman–Crippen LogP) is 3.40. The van der Waals surface area contributed by atoms with Crippen molar-refractivity contribution >= 4 is 39.0 Å². The number of aliphatic hydroxyl groups is 1. The summed E-state index contributed by atoms with van der Waals surface area (Å²) in [4.78, 5) is 1.28. The lowest BCUT2D eigenvalue weighted by Gasteiger charge is -2.23. The summed E-state index contributed by atoms with van der Waals surface area (Å²) in [6, 6.07) is 2.27. The van der Waals surface area contributed by atoms with Gasteiger partial charge in [0, 0.05) is 26.0 Å². The predicted molar refractivity (Wildman–Crippen MR) is 77.2 cm³/mol. The molecule has 92 valence electrons. The molecule has 3 N–H and O–H groups in total. The fraction of sp³-hybridized carbons (Fsp3) is 0.636. The van der Waals surface area contributed by atoms with Gasteiger partial charge in [0.15, 0.2) is 0 Å². The van der Waals surface area contributed by atoms with Crippen LogP contribution < -0.4 is 5.73 Å². The van der Waals surface area contributed by atoms with Gasteiger partial charge in [0.1, 0.15) is 0 Å². The van der Waals surface area contributed by atoms with Gasteiger partial charge < -0.3 is 10.8 Å². The molecule has 16 heavy (non-hydrogen) atoms. The second-order valence-corrected chi connectivity index (χ2v) is 7.23. The van der Waals surface area contributed by atoms with Crippen molar-refractivity contribution in [3.8, 4) is 0 Å². The Morgan fingerprint density at radius 1 is 1.62 bits per heavy atom. The normalized spacial score (nSPS) is 17.1. The standard InChI is InChI=1S/C11H18BrNOS2/c1-3-9(13)11(16-7(2)5-14)10-4-8(12)6-15-10/h4,6-7,9,11,14H,3,5,13H2,1-2H3. The van der Waals surface area contributed by atoms with Crippen molar-refractivity contribution in [1.29, 1.82) is 0 Å². The minimum absolute atomic E-state index is 0.143. The maximum atomic E-state index is 9.12.